The molecule has 1 aromatic heterocycles. The average molecular weight is 403 g/mol. The van der Waals surface area contributed by atoms with E-state index in [1.807, 2.05) is 0 Å². The van der Waals surface area contributed by atoms with Crippen LogP contribution in [0, 0.1) is 0 Å². The van der Waals surface area contributed by atoms with E-state index in [0.717, 1.165) is 22.3 Å². The van der Waals surface area contributed by atoms with Crippen LogP contribution in [-0.4, -0.2) is 19.5 Å². The molecule has 1 N–H and O–H groups in total. The predicted molar refractivity (Wildman–Crippen MR) is 103 cm³/mol. The summed E-state index contributed by atoms with van der Waals surface area (Å²) in [7, 11) is -3.95. The lowest BCUT2D eigenvalue weighted by Gasteiger charge is -2.30. The summed E-state index contributed by atoms with van der Waals surface area (Å²) >= 11 is 1.13. The van der Waals surface area contributed by atoms with Crippen molar-refractivity contribution in [2.75, 3.05) is 4.31 Å². The van der Waals surface area contributed by atoms with Gasteiger partial charge in [0.15, 0.2) is 0 Å². The summed E-state index contributed by atoms with van der Waals surface area (Å²) in [5.41, 5.74) is 1.78. The minimum atomic E-state index is -3.95. The highest BCUT2D eigenvalue weighted by Crippen LogP contribution is 2.45. The summed E-state index contributed by atoms with van der Waals surface area (Å²) in [5, 5.41) is 9.29. The molecule has 5 nitrogen and oxygen atoms in total. The number of allylic oxidation sites excluding steroid dienone is 5. The van der Waals surface area contributed by atoms with Gasteiger partial charge in [-0.3, -0.25) is 4.31 Å². The van der Waals surface area contributed by atoms with Crippen molar-refractivity contribution in [2.24, 2.45) is 0 Å². The van der Waals surface area contributed by atoms with Gasteiger partial charge >= 0.3 is 5.97 Å². The highest BCUT2D eigenvalue weighted by molar-refractivity contribution is 7.96. The Morgan fingerprint density at radius 3 is 2.78 bits per heavy atom. The van der Waals surface area contributed by atoms with Crippen molar-refractivity contribution in [3.63, 3.8) is 0 Å². The molecule has 0 bridgehead atoms. The monoisotopic (exact) mass is 403 g/mol. The lowest BCUT2D eigenvalue weighted by atomic mass is 10.0. The number of carbonyl (C=O) groups is 1. The van der Waals surface area contributed by atoms with Gasteiger partial charge in [0.25, 0.3) is 10.0 Å². The van der Waals surface area contributed by atoms with Crippen LogP contribution >= 0.6 is 11.3 Å². The average Bonchev–Trinajstić information content (AvgIpc) is 2.96. The molecule has 2 heterocycles. The SMILES string of the molecule is O=C(O)c1cc2c(s1)-c1ccccc1N(S(=O)(=O)C1=CC=C(F)CC=C1)C2. The fraction of sp³-hybridized carbons (Fsp3) is 0.105. The van der Waals surface area contributed by atoms with Gasteiger partial charge in [0.1, 0.15) is 10.7 Å². The van der Waals surface area contributed by atoms with Crippen molar-refractivity contribution in [3.8, 4) is 10.4 Å². The van der Waals surface area contributed by atoms with Gasteiger partial charge < -0.3 is 5.11 Å². The highest BCUT2D eigenvalue weighted by atomic mass is 32.2. The zero-order valence-electron chi connectivity index (χ0n) is 13.9. The van der Waals surface area contributed by atoms with Gasteiger partial charge in [-0.25, -0.2) is 17.6 Å². The molecule has 2 aromatic rings. The second-order valence-corrected chi connectivity index (χ2v) is 9.00. The maximum Gasteiger partial charge on any atom is 0.345 e. The molecular weight excluding hydrogens is 389 g/mol. The van der Waals surface area contributed by atoms with Gasteiger partial charge in [-0.2, -0.15) is 0 Å². The number of para-hydroxylation sites is 1. The molecule has 0 saturated carbocycles. The number of anilines is 1. The first-order chi connectivity index (χ1) is 12.9. The lowest BCUT2D eigenvalue weighted by Crippen LogP contribution is -2.33. The zero-order chi connectivity index (χ0) is 19.2. The molecule has 0 unspecified atom stereocenters. The van der Waals surface area contributed by atoms with Gasteiger partial charge in [0, 0.05) is 16.9 Å². The molecule has 2 aliphatic rings. The Labute approximate surface area is 159 Å². The number of hydrogen-bond donors (Lipinski definition) is 1. The van der Waals surface area contributed by atoms with Crippen molar-refractivity contribution < 1.29 is 22.7 Å². The summed E-state index contributed by atoms with van der Waals surface area (Å²) in [6.07, 6.45) is 5.32. The summed E-state index contributed by atoms with van der Waals surface area (Å²) in [4.78, 5) is 12.2. The summed E-state index contributed by atoms with van der Waals surface area (Å²) < 4.78 is 41.2. The quantitative estimate of drug-likeness (QED) is 0.821. The number of fused-ring (bicyclic) bond motifs is 3. The molecule has 0 spiro atoms. The second-order valence-electron chi connectivity index (χ2n) is 6.09. The second kappa shape index (κ2) is 6.47. The number of rotatable bonds is 3. The Balaban J connectivity index is 1.86. The molecule has 1 aliphatic carbocycles. The van der Waals surface area contributed by atoms with E-state index in [4.69, 9.17) is 0 Å². The smallest absolute Gasteiger partial charge is 0.345 e. The topological polar surface area (TPSA) is 74.7 Å². The van der Waals surface area contributed by atoms with Crippen molar-refractivity contribution in [3.05, 3.63) is 75.8 Å². The Kier molecular flexibility index (Phi) is 4.24. The van der Waals surface area contributed by atoms with Crippen LogP contribution in [0.25, 0.3) is 10.4 Å². The maximum atomic E-state index is 13.5. The molecule has 0 saturated heterocycles. The molecule has 0 atom stereocenters. The van der Waals surface area contributed by atoms with Crippen LogP contribution in [0.4, 0.5) is 10.1 Å². The summed E-state index contributed by atoms with van der Waals surface area (Å²) in [6.45, 7) is 0.0236. The Morgan fingerprint density at radius 2 is 2.00 bits per heavy atom. The number of thiophene rings is 1. The van der Waals surface area contributed by atoms with Crippen molar-refractivity contribution in [1.29, 1.82) is 0 Å². The third kappa shape index (κ3) is 3.00. The number of aromatic carboxylic acids is 1. The maximum absolute atomic E-state index is 13.5. The third-order valence-electron chi connectivity index (χ3n) is 4.36. The predicted octanol–water partition coefficient (Wildman–Crippen LogP) is 4.46. The van der Waals surface area contributed by atoms with Gasteiger partial charge in [-0.05, 0) is 35.9 Å². The molecule has 1 aromatic carbocycles. The molecule has 1 aliphatic heterocycles. The first kappa shape index (κ1) is 17.7. The number of carboxylic acid groups (broad SMARTS) is 1. The third-order valence-corrected chi connectivity index (χ3v) is 7.34. The molecule has 8 heteroatoms. The number of halogens is 1. The molecule has 27 heavy (non-hydrogen) atoms. The first-order valence-electron chi connectivity index (χ1n) is 8.09. The van der Waals surface area contributed by atoms with Gasteiger partial charge in [0.2, 0.25) is 0 Å². The number of carboxylic acids is 1. The van der Waals surface area contributed by atoms with Crippen LogP contribution in [0.3, 0.4) is 0 Å². The zero-order valence-corrected chi connectivity index (χ0v) is 15.6. The van der Waals surface area contributed by atoms with Crippen LogP contribution in [0.15, 0.2) is 65.4 Å². The Morgan fingerprint density at radius 1 is 1.22 bits per heavy atom. The first-order valence-corrected chi connectivity index (χ1v) is 10.3. The number of benzene rings is 1. The van der Waals surface area contributed by atoms with Crippen molar-refractivity contribution >= 4 is 33.0 Å². The fourth-order valence-electron chi connectivity index (χ4n) is 3.10. The highest BCUT2D eigenvalue weighted by Gasteiger charge is 2.34. The van der Waals surface area contributed by atoms with E-state index in [1.54, 1.807) is 24.3 Å². The van der Waals surface area contributed by atoms with E-state index >= 15 is 0 Å². The van der Waals surface area contributed by atoms with Gasteiger partial charge in [0.05, 0.1) is 17.1 Å². The fourth-order valence-corrected chi connectivity index (χ4v) is 5.64. The van der Waals surface area contributed by atoms with Crippen LogP contribution in [0.1, 0.15) is 21.7 Å². The van der Waals surface area contributed by atoms with E-state index in [-0.39, 0.29) is 22.7 Å². The Bertz CT molecular complexity index is 1140. The minimum absolute atomic E-state index is 0.0120. The molecular formula is C19H14FNO4S2. The lowest BCUT2D eigenvalue weighted by molar-refractivity contribution is 0.0702. The van der Waals surface area contributed by atoms with Crippen molar-refractivity contribution in [2.45, 2.75) is 13.0 Å². The summed E-state index contributed by atoms with van der Waals surface area (Å²) in [5.74, 6) is -1.46. The summed E-state index contributed by atoms with van der Waals surface area (Å²) in [6, 6.07) is 8.48. The number of hydrogen-bond acceptors (Lipinski definition) is 4. The molecule has 0 fully saturated rings. The van der Waals surface area contributed by atoms with E-state index in [1.165, 1.54) is 28.6 Å². The van der Waals surface area contributed by atoms with E-state index in [0.29, 0.717) is 16.8 Å². The Hall–Kier alpha value is -2.71. The van der Waals surface area contributed by atoms with Crippen LogP contribution in [0.5, 0.6) is 0 Å². The van der Waals surface area contributed by atoms with Crippen LogP contribution < -0.4 is 4.31 Å². The minimum Gasteiger partial charge on any atom is -0.477 e. The molecule has 138 valence electrons. The van der Waals surface area contributed by atoms with E-state index in [2.05, 4.69) is 0 Å². The number of sulfonamides is 1. The van der Waals surface area contributed by atoms with Gasteiger partial charge in [-0.1, -0.05) is 24.3 Å². The van der Waals surface area contributed by atoms with Crippen molar-refractivity contribution in [1.82, 2.24) is 0 Å². The molecule has 0 amide bonds. The normalized spacial score (nSPS) is 16.1. The number of nitrogens with zero attached hydrogens (tertiary/aromatic N) is 1. The van der Waals surface area contributed by atoms with E-state index < -0.39 is 21.8 Å². The standard InChI is InChI=1S/C19H14FNO4S2/c20-13-4-3-5-14(9-8-13)27(24,25)21-11-12-10-17(19(22)23)26-18(12)15-6-1-2-7-16(15)21/h1-3,5-10H,4,11H2,(H,22,23). The van der Waals surface area contributed by atoms with Crippen LogP contribution in [0.2, 0.25) is 0 Å². The van der Waals surface area contributed by atoms with Crippen LogP contribution in [-0.2, 0) is 16.6 Å². The molecule has 4 rings (SSSR count). The van der Waals surface area contributed by atoms with Gasteiger partial charge in [-0.15, -0.1) is 11.3 Å². The molecule has 0 radical (unpaired) electrons. The largest absolute Gasteiger partial charge is 0.477 e. The van der Waals surface area contributed by atoms with E-state index in [9.17, 15) is 22.7 Å².